The molecule has 0 aliphatic carbocycles. The highest BCUT2D eigenvalue weighted by Gasteiger charge is 2.48. The monoisotopic (exact) mass is 560 g/mol. The summed E-state index contributed by atoms with van der Waals surface area (Å²) in [6.07, 6.45) is 3.01. The highest BCUT2D eigenvalue weighted by Crippen LogP contribution is 2.46. The molecule has 0 spiro atoms. The number of ether oxygens (including phenoxy) is 2. The Morgan fingerprint density at radius 1 is 1.00 bits per heavy atom. The van der Waals surface area contributed by atoms with Gasteiger partial charge in [-0.2, -0.15) is 0 Å². The lowest BCUT2D eigenvalue weighted by molar-refractivity contribution is -0.132. The molecule has 1 aromatic heterocycles. The quantitative estimate of drug-likeness (QED) is 0.0970. The van der Waals surface area contributed by atoms with Crippen molar-refractivity contribution >= 4 is 44.1 Å². The SMILES string of the molecule is CCCCCOc1ccc(C2C(=C(O)c3ccccc3)C(=O)C(=O)N2c2nc3ccc(F)cc3s2)cc1OCC. The van der Waals surface area contributed by atoms with Gasteiger partial charge in [-0.05, 0) is 49.2 Å². The molecule has 3 aromatic carbocycles. The van der Waals surface area contributed by atoms with Crippen LogP contribution >= 0.6 is 11.3 Å². The van der Waals surface area contributed by atoms with Gasteiger partial charge in [0.15, 0.2) is 16.6 Å². The van der Waals surface area contributed by atoms with E-state index in [0.717, 1.165) is 30.6 Å². The smallest absolute Gasteiger partial charge is 0.301 e. The first kappa shape index (κ1) is 27.3. The molecule has 4 aromatic rings. The Morgan fingerprint density at radius 3 is 2.55 bits per heavy atom. The number of nitrogens with zero attached hydrogens (tertiary/aromatic N) is 2. The molecule has 0 radical (unpaired) electrons. The van der Waals surface area contributed by atoms with Crippen LogP contribution in [-0.4, -0.2) is 35.0 Å². The first-order valence-corrected chi connectivity index (χ1v) is 14.1. The van der Waals surface area contributed by atoms with Gasteiger partial charge >= 0.3 is 5.91 Å². The number of unbranched alkanes of at least 4 members (excludes halogenated alkanes) is 2. The number of ketones is 1. The molecule has 7 nitrogen and oxygen atoms in total. The van der Waals surface area contributed by atoms with E-state index in [9.17, 15) is 19.1 Å². The molecular weight excluding hydrogens is 531 g/mol. The van der Waals surface area contributed by atoms with Crippen molar-refractivity contribution in [3.63, 3.8) is 0 Å². The molecule has 1 saturated heterocycles. The number of Topliss-reactive ketones (excluding diaryl/α,β-unsaturated/α-hetero) is 1. The van der Waals surface area contributed by atoms with Crippen molar-refractivity contribution in [3.05, 3.63) is 89.2 Å². The van der Waals surface area contributed by atoms with Gasteiger partial charge in [-0.1, -0.05) is 67.5 Å². The van der Waals surface area contributed by atoms with Crippen LogP contribution < -0.4 is 14.4 Å². The first-order chi connectivity index (χ1) is 19.4. The molecule has 0 saturated carbocycles. The van der Waals surface area contributed by atoms with E-state index in [1.54, 1.807) is 48.5 Å². The van der Waals surface area contributed by atoms with Crippen molar-refractivity contribution in [1.82, 2.24) is 4.98 Å². The summed E-state index contributed by atoms with van der Waals surface area (Å²) in [5.41, 5.74) is 1.36. The van der Waals surface area contributed by atoms with Gasteiger partial charge in [0, 0.05) is 5.56 Å². The van der Waals surface area contributed by atoms with Crippen molar-refractivity contribution in [2.45, 2.75) is 39.2 Å². The van der Waals surface area contributed by atoms with Crippen molar-refractivity contribution in [1.29, 1.82) is 0 Å². The standard InChI is InChI=1S/C31H29FN2O5S/c1-3-5-9-16-39-23-15-12-20(17-24(23)38-4-2)27-26(28(35)19-10-7-6-8-11-19)29(36)30(37)34(27)31-33-22-14-13-21(32)18-25(22)40-31/h6-8,10-15,17-18,27,35H,3-5,9,16H2,1-2H3. The van der Waals surface area contributed by atoms with Gasteiger partial charge in [0.05, 0.1) is 35.0 Å². The van der Waals surface area contributed by atoms with E-state index >= 15 is 0 Å². The van der Waals surface area contributed by atoms with Gasteiger partial charge in [-0.15, -0.1) is 0 Å². The van der Waals surface area contributed by atoms with Gasteiger partial charge in [0.1, 0.15) is 11.6 Å². The Hall–Kier alpha value is -4.24. The average molecular weight is 561 g/mol. The third-order valence-electron chi connectivity index (χ3n) is 6.63. The Kier molecular flexibility index (Phi) is 8.11. The number of anilines is 1. The topological polar surface area (TPSA) is 89.0 Å². The summed E-state index contributed by atoms with van der Waals surface area (Å²) in [7, 11) is 0. The molecule has 9 heteroatoms. The lowest BCUT2D eigenvalue weighted by Gasteiger charge is -2.24. The molecule has 206 valence electrons. The molecule has 1 atom stereocenters. The van der Waals surface area contributed by atoms with E-state index in [1.165, 1.54) is 23.1 Å². The number of hydrogen-bond acceptors (Lipinski definition) is 7. The minimum atomic E-state index is -1.00. The van der Waals surface area contributed by atoms with Crippen molar-refractivity contribution in [2.24, 2.45) is 0 Å². The molecule has 1 fully saturated rings. The van der Waals surface area contributed by atoms with Crippen LogP contribution in [0.2, 0.25) is 0 Å². The maximum atomic E-state index is 13.9. The zero-order chi connectivity index (χ0) is 28.2. The Labute approximate surface area is 235 Å². The third-order valence-corrected chi connectivity index (χ3v) is 7.64. The summed E-state index contributed by atoms with van der Waals surface area (Å²) in [4.78, 5) is 32.8. The van der Waals surface area contributed by atoms with Crippen LogP contribution in [-0.2, 0) is 9.59 Å². The molecule has 1 unspecified atom stereocenters. The summed E-state index contributed by atoms with van der Waals surface area (Å²) >= 11 is 1.10. The summed E-state index contributed by atoms with van der Waals surface area (Å²) in [6, 6.07) is 17.0. The van der Waals surface area contributed by atoms with E-state index in [4.69, 9.17) is 9.47 Å². The zero-order valence-electron chi connectivity index (χ0n) is 22.2. The number of fused-ring (bicyclic) bond motifs is 1. The molecule has 1 aliphatic heterocycles. The summed E-state index contributed by atoms with van der Waals surface area (Å²) in [5.74, 6) is -1.38. The van der Waals surface area contributed by atoms with Gasteiger partial charge in [0.2, 0.25) is 0 Å². The maximum absolute atomic E-state index is 13.9. The summed E-state index contributed by atoms with van der Waals surface area (Å²) < 4.78 is 26.3. The van der Waals surface area contributed by atoms with Crippen molar-refractivity contribution in [3.8, 4) is 11.5 Å². The number of rotatable bonds is 10. The number of carbonyl (C=O) groups is 2. The van der Waals surface area contributed by atoms with Crippen LogP contribution in [0.3, 0.4) is 0 Å². The van der Waals surface area contributed by atoms with Crippen LogP contribution in [0.1, 0.15) is 50.3 Å². The number of hydrogen-bond donors (Lipinski definition) is 1. The molecule has 5 rings (SSSR count). The fraction of sp³-hybridized carbons (Fsp3) is 0.258. The number of carbonyl (C=O) groups excluding carboxylic acids is 2. The fourth-order valence-corrected chi connectivity index (χ4v) is 5.72. The van der Waals surface area contributed by atoms with Crippen LogP contribution in [0, 0.1) is 5.82 Å². The second-order valence-electron chi connectivity index (χ2n) is 9.34. The second kappa shape index (κ2) is 11.9. The minimum Gasteiger partial charge on any atom is -0.507 e. The van der Waals surface area contributed by atoms with Gasteiger partial charge in [-0.25, -0.2) is 9.37 Å². The van der Waals surface area contributed by atoms with Crippen LogP contribution in [0.25, 0.3) is 16.0 Å². The highest BCUT2D eigenvalue weighted by atomic mass is 32.1. The van der Waals surface area contributed by atoms with Gasteiger partial charge in [0.25, 0.3) is 5.78 Å². The van der Waals surface area contributed by atoms with E-state index in [0.29, 0.717) is 46.1 Å². The lowest BCUT2D eigenvalue weighted by atomic mass is 9.95. The van der Waals surface area contributed by atoms with Gasteiger partial charge < -0.3 is 14.6 Å². The van der Waals surface area contributed by atoms with Crippen LogP contribution in [0.4, 0.5) is 9.52 Å². The summed E-state index contributed by atoms with van der Waals surface area (Å²) in [5, 5.41) is 11.6. The van der Waals surface area contributed by atoms with Crippen LogP contribution in [0.5, 0.6) is 11.5 Å². The molecule has 40 heavy (non-hydrogen) atoms. The predicted octanol–water partition coefficient (Wildman–Crippen LogP) is 7.03. The first-order valence-electron chi connectivity index (χ1n) is 13.2. The lowest BCUT2D eigenvalue weighted by Crippen LogP contribution is -2.29. The predicted molar refractivity (Wildman–Crippen MR) is 153 cm³/mol. The third kappa shape index (κ3) is 5.29. The normalized spacial score (nSPS) is 16.6. The zero-order valence-corrected chi connectivity index (χ0v) is 23.0. The van der Waals surface area contributed by atoms with Crippen molar-refractivity contribution in [2.75, 3.05) is 18.1 Å². The van der Waals surface area contributed by atoms with Gasteiger partial charge in [-0.3, -0.25) is 14.5 Å². The number of amides is 1. The number of thiazole rings is 1. The molecule has 1 amide bonds. The Bertz CT molecular complexity index is 1580. The second-order valence-corrected chi connectivity index (χ2v) is 10.3. The molecule has 2 heterocycles. The molecular formula is C31H29FN2O5S. The van der Waals surface area contributed by atoms with E-state index < -0.39 is 23.5 Å². The van der Waals surface area contributed by atoms with E-state index in [-0.39, 0.29) is 16.5 Å². The minimum absolute atomic E-state index is 0.0688. The Morgan fingerprint density at radius 2 is 1.80 bits per heavy atom. The van der Waals surface area contributed by atoms with Crippen LogP contribution in [0.15, 0.2) is 72.3 Å². The number of aromatic nitrogens is 1. The maximum Gasteiger partial charge on any atom is 0.301 e. The number of benzene rings is 3. The Balaban J connectivity index is 1.65. The number of aliphatic hydroxyl groups excluding tert-OH is 1. The number of aliphatic hydroxyl groups is 1. The fourth-order valence-electron chi connectivity index (χ4n) is 4.70. The van der Waals surface area contributed by atoms with Crippen molar-refractivity contribution < 1.29 is 28.6 Å². The molecule has 1 aliphatic rings. The number of halogens is 1. The highest BCUT2D eigenvalue weighted by molar-refractivity contribution is 7.22. The molecule has 1 N–H and O–H groups in total. The van der Waals surface area contributed by atoms with E-state index in [1.807, 2.05) is 6.92 Å². The largest absolute Gasteiger partial charge is 0.507 e. The summed E-state index contributed by atoms with van der Waals surface area (Å²) in [6.45, 7) is 4.88. The van der Waals surface area contributed by atoms with E-state index in [2.05, 4.69) is 11.9 Å². The molecule has 0 bridgehead atoms. The average Bonchev–Trinajstić information content (AvgIpc) is 3.49.